The number of hydrogen-bond acceptors (Lipinski definition) is 2. The van der Waals surface area contributed by atoms with Crippen LogP contribution in [0.4, 0.5) is 5.69 Å². The fourth-order valence-electron chi connectivity index (χ4n) is 1.23. The number of aryl methyl sites for hydroxylation is 1. The molecule has 12 heavy (non-hydrogen) atoms. The van der Waals surface area contributed by atoms with Crippen LogP contribution in [0.15, 0.2) is 23.1 Å². The molecular weight excluding hydrogens is 166 g/mol. The van der Waals surface area contributed by atoms with Crippen LogP contribution in [-0.4, -0.2) is 6.26 Å². The molecule has 0 aromatic heterocycles. The summed E-state index contributed by atoms with van der Waals surface area (Å²) in [5.41, 5.74) is 8.09. The van der Waals surface area contributed by atoms with Crippen LogP contribution in [0.3, 0.4) is 0 Å². The van der Waals surface area contributed by atoms with Gasteiger partial charge in [0.05, 0.1) is 0 Å². The molecule has 0 unspecified atom stereocenters. The standard InChI is InChI=1S/C10H15NS/c1-3-4-8-5-6-10(12-2)9(11)7-8/h5-7H,3-4,11H2,1-2H3. The molecule has 0 bridgehead atoms. The van der Waals surface area contributed by atoms with Crippen LogP contribution in [0.25, 0.3) is 0 Å². The highest BCUT2D eigenvalue weighted by Crippen LogP contribution is 2.23. The molecule has 2 N–H and O–H groups in total. The van der Waals surface area contributed by atoms with Gasteiger partial charge in [-0.1, -0.05) is 19.4 Å². The largest absolute Gasteiger partial charge is 0.398 e. The van der Waals surface area contributed by atoms with Gasteiger partial charge in [0, 0.05) is 10.6 Å². The molecular formula is C10H15NS. The molecule has 1 rings (SSSR count). The van der Waals surface area contributed by atoms with E-state index in [1.54, 1.807) is 11.8 Å². The minimum Gasteiger partial charge on any atom is -0.398 e. The third-order valence-electron chi connectivity index (χ3n) is 1.83. The number of thioether (sulfide) groups is 1. The van der Waals surface area contributed by atoms with Gasteiger partial charge in [-0.05, 0) is 30.4 Å². The summed E-state index contributed by atoms with van der Waals surface area (Å²) in [5, 5.41) is 0. The van der Waals surface area contributed by atoms with Crippen molar-refractivity contribution in [2.75, 3.05) is 12.0 Å². The molecule has 66 valence electrons. The van der Waals surface area contributed by atoms with Crippen LogP contribution in [0.2, 0.25) is 0 Å². The van der Waals surface area contributed by atoms with Gasteiger partial charge < -0.3 is 5.73 Å². The highest BCUT2D eigenvalue weighted by molar-refractivity contribution is 7.98. The van der Waals surface area contributed by atoms with Crippen molar-refractivity contribution in [1.82, 2.24) is 0 Å². The van der Waals surface area contributed by atoms with Crippen LogP contribution in [0, 0.1) is 0 Å². The van der Waals surface area contributed by atoms with Gasteiger partial charge in [-0.3, -0.25) is 0 Å². The highest BCUT2D eigenvalue weighted by Gasteiger charge is 1.98. The Morgan fingerprint density at radius 1 is 1.42 bits per heavy atom. The van der Waals surface area contributed by atoms with Crippen LogP contribution in [0.1, 0.15) is 18.9 Å². The molecule has 0 heterocycles. The van der Waals surface area contributed by atoms with Crippen molar-refractivity contribution < 1.29 is 0 Å². The lowest BCUT2D eigenvalue weighted by molar-refractivity contribution is 0.921. The summed E-state index contributed by atoms with van der Waals surface area (Å²) in [6.45, 7) is 2.18. The van der Waals surface area contributed by atoms with Crippen LogP contribution in [-0.2, 0) is 6.42 Å². The molecule has 0 atom stereocenters. The summed E-state index contributed by atoms with van der Waals surface area (Å²) in [4.78, 5) is 1.18. The van der Waals surface area contributed by atoms with Gasteiger partial charge in [0.1, 0.15) is 0 Å². The zero-order valence-electron chi connectivity index (χ0n) is 7.63. The van der Waals surface area contributed by atoms with Gasteiger partial charge in [0.25, 0.3) is 0 Å². The van der Waals surface area contributed by atoms with E-state index in [1.807, 2.05) is 6.26 Å². The SMILES string of the molecule is CCCc1ccc(SC)c(N)c1. The number of rotatable bonds is 3. The Labute approximate surface area is 78.4 Å². The predicted octanol–water partition coefficient (Wildman–Crippen LogP) is 2.94. The molecule has 0 aliphatic rings. The normalized spacial score (nSPS) is 10.2. The van der Waals surface area contributed by atoms with E-state index in [1.165, 1.54) is 16.9 Å². The van der Waals surface area contributed by atoms with Gasteiger partial charge in [-0.25, -0.2) is 0 Å². The third kappa shape index (κ3) is 2.18. The van der Waals surface area contributed by atoms with E-state index in [2.05, 4.69) is 25.1 Å². The Hall–Kier alpha value is -0.630. The van der Waals surface area contributed by atoms with Gasteiger partial charge in [0.15, 0.2) is 0 Å². The summed E-state index contributed by atoms with van der Waals surface area (Å²) in [7, 11) is 0. The Balaban J connectivity index is 2.86. The van der Waals surface area contributed by atoms with Gasteiger partial charge in [-0.15, -0.1) is 11.8 Å². The first-order valence-electron chi connectivity index (χ1n) is 4.20. The summed E-state index contributed by atoms with van der Waals surface area (Å²) >= 11 is 1.70. The maximum absolute atomic E-state index is 5.84. The van der Waals surface area contributed by atoms with Gasteiger partial charge >= 0.3 is 0 Å². The van der Waals surface area contributed by atoms with Crippen LogP contribution < -0.4 is 5.73 Å². The average molecular weight is 181 g/mol. The van der Waals surface area contributed by atoms with Crippen LogP contribution in [0.5, 0.6) is 0 Å². The fraction of sp³-hybridized carbons (Fsp3) is 0.400. The first-order valence-corrected chi connectivity index (χ1v) is 5.42. The van der Waals surface area contributed by atoms with Crippen molar-refractivity contribution in [3.63, 3.8) is 0 Å². The van der Waals surface area contributed by atoms with Crippen molar-refractivity contribution in [2.45, 2.75) is 24.7 Å². The summed E-state index contributed by atoms with van der Waals surface area (Å²) in [6, 6.07) is 6.34. The van der Waals surface area contributed by atoms with Gasteiger partial charge in [0.2, 0.25) is 0 Å². The van der Waals surface area contributed by atoms with Crippen molar-refractivity contribution in [3.8, 4) is 0 Å². The second kappa shape index (κ2) is 4.41. The zero-order chi connectivity index (χ0) is 8.97. The maximum atomic E-state index is 5.84. The molecule has 0 aliphatic heterocycles. The Morgan fingerprint density at radius 3 is 2.67 bits per heavy atom. The quantitative estimate of drug-likeness (QED) is 0.573. The molecule has 2 heteroatoms. The van der Waals surface area contributed by atoms with E-state index < -0.39 is 0 Å². The minimum absolute atomic E-state index is 0.911. The molecule has 1 aromatic carbocycles. The first kappa shape index (κ1) is 9.46. The van der Waals surface area contributed by atoms with Crippen molar-refractivity contribution in [1.29, 1.82) is 0 Å². The minimum atomic E-state index is 0.911. The Morgan fingerprint density at radius 2 is 2.17 bits per heavy atom. The van der Waals surface area contributed by atoms with E-state index >= 15 is 0 Å². The van der Waals surface area contributed by atoms with Crippen molar-refractivity contribution in [3.05, 3.63) is 23.8 Å². The van der Waals surface area contributed by atoms with E-state index in [0.29, 0.717) is 0 Å². The Bertz CT molecular complexity index is 258. The van der Waals surface area contributed by atoms with Crippen molar-refractivity contribution in [2.24, 2.45) is 0 Å². The lowest BCUT2D eigenvalue weighted by Gasteiger charge is -2.04. The monoisotopic (exact) mass is 181 g/mol. The number of benzene rings is 1. The molecule has 0 saturated carbocycles. The smallest absolute Gasteiger partial charge is 0.0454 e. The third-order valence-corrected chi connectivity index (χ3v) is 2.64. The highest BCUT2D eigenvalue weighted by atomic mass is 32.2. The van der Waals surface area contributed by atoms with Crippen molar-refractivity contribution >= 4 is 17.4 Å². The van der Waals surface area contributed by atoms with E-state index in [4.69, 9.17) is 5.73 Å². The fourth-order valence-corrected chi connectivity index (χ4v) is 1.73. The molecule has 0 radical (unpaired) electrons. The Kier molecular flexibility index (Phi) is 3.48. The summed E-state index contributed by atoms with van der Waals surface area (Å²) in [6.07, 6.45) is 4.35. The second-order valence-corrected chi connectivity index (χ2v) is 3.67. The second-order valence-electron chi connectivity index (χ2n) is 2.83. The maximum Gasteiger partial charge on any atom is 0.0454 e. The number of anilines is 1. The average Bonchev–Trinajstić information content (AvgIpc) is 2.05. The predicted molar refractivity (Wildman–Crippen MR) is 56.6 cm³/mol. The molecule has 0 aliphatic carbocycles. The number of hydrogen-bond donors (Lipinski definition) is 1. The zero-order valence-corrected chi connectivity index (χ0v) is 8.45. The molecule has 0 amide bonds. The summed E-state index contributed by atoms with van der Waals surface area (Å²) in [5.74, 6) is 0. The molecule has 1 nitrogen and oxygen atoms in total. The van der Waals surface area contributed by atoms with Gasteiger partial charge in [-0.2, -0.15) is 0 Å². The summed E-state index contributed by atoms with van der Waals surface area (Å²) < 4.78 is 0. The van der Waals surface area contributed by atoms with E-state index in [-0.39, 0.29) is 0 Å². The lowest BCUT2D eigenvalue weighted by atomic mass is 10.1. The number of nitrogen functional groups attached to an aromatic ring is 1. The molecule has 0 spiro atoms. The lowest BCUT2D eigenvalue weighted by Crippen LogP contribution is -1.91. The molecule has 1 aromatic rings. The number of nitrogens with two attached hydrogens (primary N) is 1. The molecule has 0 saturated heterocycles. The van der Waals surface area contributed by atoms with Crippen LogP contribution >= 0.6 is 11.8 Å². The first-order chi connectivity index (χ1) is 5.77. The molecule has 0 fully saturated rings. The topological polar surface area (TPSA) is 26.0 Å². The van der Waals surface area contributed by atoms with E-state index in [9.17, 15) is 0 Å². The van der Waals surface area contributed by atoms with E-state index in [0.717, 1.165) is 12.1 Å².